The first kappa shape index (κ1) is 21.5. The van der Waals surface area contributed by atoms with Gasteiger partial charge < -0.3 is 14.4 Å². The molecule has 1 saturated heterocycles. The lowest BCUT2D eigenvalue weighted by molar-refractivity contribution is -0.138. The molecule has 0 saturated carbocycles. The largest absolute Gasteiger partial charge is 0.417 e. The minimum atomic E-state index is -4.62. The van der Waals surface area contributed by atoms with E-state index < -0.39 is 35.6 Å². The molecule has 1 aliphatic heterocycles. The number of anilines is 1. The third kappa shape index (κ3) is 4.69. The summed E-state index contributed by atoms with van der Waals surface area (Å²) in [6.45, 7) is 1.89. The SMILES string of the molecule is CC(=O)c1ccc(N2CCN(C(=O)Cn3cc(C(F)(F)F)ccc3=O)CC2)c(F)c1. The zero-order chi connectivity index (χ0) is 22.1. The highest BCUT2D eigenvalue weighted by atomic mass is 19.4. The van der Waals surface area contributed by atoms with Gasteiger partial charge in [-0.15, -0.1) is 0 Å². The van der Waals surface area contributed by atoms with Crippen molar-refractivity contribution in [1.29, 1.82) is 0 Å². The first-order valence-electron chi connectivity index (χ1n) is 9.17. The molecule has 0 bridgehead atoms. The van der Waals surface area contributed by atoms with Crippen molar-refractivity contribution in [2.75, 3.05) is 31.1 Å². The summed E-state index contributed by atoms with van der Waals surface area (Å²) < 4.78 is 53.5. The van der Waals surface area contributed by atoms with Crippen molar-refractivity contribution in [3.05, 3.63) is 63.8 Å². The fraction of sp³-hybridized carbons (Fsp3) is 0.350. The maximum atomic E-state index is 14.3. The van der Waals surface area contributed by atoms with Crippen LogP contribution in [0.5, 0.6) is 0 Å². The van der Waals surface area contributed by atoms with Crippen molar-refractivity contribution in [2.24, 2.45) is 0 Å². The van der Waals surface area contributed by atoms with Crippen LogP contribution in [0.2, 0.25) is 0 Å². The van der Waals surface area contributed by atoms with Crippen molar-refractivity contribution >= 4 is 17.4 Å². The van der Waals surface area contributed by atoms with Gasteiger partial charge in [-0.05, 0) is 31.2 Å². The number of carbonyl (C=O) groups excluding carboxylic acids is 2. The Bertz CT molecular complexity index is 1020. The molecule has 0 radical (unpaired) electrons. The molecular weight excluding hydrogens is 406 g/mol. The van der Waals surface area contributed by atoms with Crippen molar-refractivity contribution in [3.8, 4) is 0 Å². The third-order valence-electron chi connectivity index (χ3n) is 4.94. The summed E-state index contributed by atoms with van der Waals surface area (Å²) in [5.74, 6) is -1.29. The lowest BCUT2D eigenvalue weighted by Crippen LogP contribution is -2.50. The number of pyridine rings is 1. The van der Waals surface area contributed by atoms with Crippen LogP contribution in [0.1, 0.15) is 22.8 Å². The maximum absolute atomic E-state index is 14.3. The summed E-state index contributed by atoms with van der Waals surface area (Å²) in [5.41, 5.74) is -1.15. The summed E-state index contributed by atoms with van der Waals surface area (Å²) in [5, 5.41) is 0. The molecule has 0 aliphatic carbocycles. The van der Waals surface area contributed by atoms with Crippen LogP contribution >= 0.6 is 0 Å². The van der Waals surface area contributed by atoms with Gasteiger partial charge in [-0.25, -0.2) is 4.39 Å². The molecule has 1 aromatic carbocycles. The number of piperazine rings is 1. The van der Waals surface area contributed by atoms with Gasteiger partial charge in [0.05, 0.1) is 11.3 Å². The summed E-state index contributed by atoms with van der Waals surface area (Å²) in [6, 6.07) is 5.65. The number of carbonyl (C=O) groups is 2. The first-order chi connectivity index (χ1) is 14.1. The van der Waals surface area contributed by atoms with Gasteiger partial charge in [0, 0.05) is 44.0 Å². The van der Waals surface area contributed by atoms with Crippen LogP contribution in [-0.2, 0) is 17.5 Å². The summed E-state index contributed by atoms with van der Waals surface area (Å²) in [7, 11) is 0. The zero-order valence-electron chi connectivity index (χ0n) is 16.1. The second kappa shape index (κ2) is 8.29. The normalized spacial score (nSPS) is 14.7. The maximum Gasteiger partial charge on any atom is 0.417 e. The molecule has 1 amide bonds. The number of nitrogens with zero attached hydrogens (tertiary/aromatic N) is 3. The molecule has 10 heteroatoms. The Morgan fingerprint density at radius 2 is 1.70 bits per heavy atom. The average Bonchev–Trinajstić information content (AvgIpc) is 2.68. The first-order valence-corrected chi connectivity index (χ1v) is 9.17. The minimum absolute atomic E-state index is 0.223. The second-order valence-electron chi connectivity index (χ2n) is 6.97. The van der Waals surface area contributed by atoms with Gasteiger partial charge in [-0.3, -0.25) is 14.4 Å². The van der Waals surface area contributed by atoms with Crippen LogP contribution in [0, 0.1) is 5.82 Å². The molecule has 30 heavy (non-hydrogen) atoms. The summed E-state index contributed by atoms with van der Waals surface area (Å²) >= 11 is 0. The number of halogens is 4. The number of hydrogen-bond donors (Lipinski definition) is 0. The van der Waals surface area contributed by atoms with Gasteiger partial charge in [-0.2, -0.15) is 13.2 Å². The smallest absolute Gasteiger partial charge is 0.366 e. The third-order valence-corrected chi connectivity index (χ3v) is 4.94. The van der Waals surface area contributed by atoms with Gasteiger partial charge >= 0.3 is 6.18 Å². The van der Waals surface area contributed by atoms with Gasteiger partial charge in [0.25, 0.3) is 5.56 Å². The van der Waals surface area contributed by atoms with Crippen LogP contribution < -0.4 is 10.5 Å². The van der Waals surface area contributed by atoms with Crippen LogP contribution in [0.4, 0.5) is 23.2 Å². The topological polar surface area (TPSA) is 62.6 Å². The fourth-order valence-corrected chi connectivity index (χ4v) is 3.25. The molecule has 1 aromatic heterocycles. The molecule has 0 unspecified atom stereocenters. The fourth-order valence-electron chi connectivity index (χ4n) is 3.25. The molecule has 1 aliphatic rings. The van der Waals surface area contributed by atoms with E-state index in [0.717, 1.165) is 16.7 Å². The van der Waals surface area contributed by atoms with Gasteiger partial charge in [-0.1, -0.05) is 0 Å². The molecule has 0 N–H and O–H groups in total. The molecular formula is C20H19F4N3O3. The van der Waals surface area contributed by atoms with Gasteiger partial charge in [0.15, 0.2) is 5.78 Å². The van der Waals surface area contributed by atoms with E-state index in [1.54, 1.807) is 4.90 Å². The molecule has 0 spiro atoms. The van der Waals surface area contributed by atoms with E-state index in [4.69, 9.17) is 0 Å². The lowest BCUT2D eigenvalue weighted by atomic mass is 10.1. The van der Waals surface area contributed by atoms with Gasteiger partial charge in [0.2, 0.25) is 5.91 Å². The van der Waals surface area contributed by atoms with Crippen molar-refractivity contribution < 1.29 is 27.2 Å². The number of rotatable bonds is 4. The zero-order valence-corrected chi connectivity index (χ0v) is 16.1. The number of alkyl halides is 3. The Morgan fingerprint density at radius 1 is 1.03 bits per heavy atom. The Hall–Kier alpha value is -3.17. The minimum Gasteiger partial charge on any atom is -0.366 e. The summed E-state index contributed by atoms with van der Waals surface area (Å²) in [4.78, 5) is 38.8. The number of ketones is 1. The van der Waals surface area contributed by atoms with Gasteiger partial charge in [0.1, 0.15) is 12.4 Å². The molecule has 2 aromatic rings. The Balaban J connectivity index is 1.65. The highest BCUT2D eigenvalue weighted by Gasteiger charge is 2.31. The monoisotopic (exact) mass is 425 g/mol. The van der Waals surface area contributed by atoms with E-state index in [1.807, 2.05) is 0 Å². The average molecular weight is 425 g/mol. The Labute approximate surface area is 169 Å². The predicted molar refractivity (Wildman–Crippen MR) is 101 cm³/mol. The van der Waals surface area contributed by atoms with E-state index in [0.29, 0.717) is 31.0 Å². The quantitative estimate of drug-likeness (QED) is 0.558. The van der Waals surface area contributed by atoms with E-state index in [9.17, 15) is 31.9 Å². The van der Waals surface area contributed by atoms with Crippen LogP contribution in [0.3, 0.4) is 0 Å². The second-order valence-corrected chi connectivity index (χ2v) is 6.97. The van der Waals surface area contributed by atoms with E-state index in [2.05, 4.69) is 0 Å². The van der Waals surface area contributed by atoms with E-state index >= 15 is 0 Å². The molecule has 2 heterocycles. The van der Waals surface area contributed by atoms with Crippen molar-refractivity contribution in [3.63, 3.8) is 0 Å². The highest BCUT2D eigenvalue weighted by Crippen LogP contribution is 2.28. The van der Waals surface area contributed by atoms with Crippen molar-refractivity contribution in [2.45, 2.75) is 19.6 Å². The van der Waals surface area contributed by atoms with Crippen LogP contribution in [0.25, 0.3) is 0 Å². The number of Topliss-reactive ketones (excluding diaryl/α,β-unsaturated/α-hetero) is 1. The van der Waals surface area contributed by atoms with E-state index in [1.165, 1.54) is 24.0 Å². The summed E-state index contributed by atoms with van der Waals surface area (Å²) in [6.07, 6.45) is -3.99. The highest BCUT2D eigenvalue weighted by molar-refractivity contribution is 5.94. The number of aromatic nitrogens is 1. The molecule has 3 rings (SSSR count). The molecule has 1 fully saturated rings. The Morgan fingerprint density at radius 3 is 2.27 bits per heavy atom. The van der Waals surface area contributed by atoms with Crippen LogP contribution in [-0.4, -0.2) is 47.3 Å². The van der Waals surface area contributed by atoms with Crippen molar-refractivity contribution in [1.82, 2.24) is 9.47 Å². The molecule has 0 atom stereocenters. The predicted octanol–water partition coefficient (Wildman–Crippen LogP) is 2.56. The molecule has 6 nitrogen and oxygen atoms in total. The van der Waals surface area contributed by atoms with E-state index in [-0.39, 0.29) is 24.4 Å². The Kier molecular flexibility index (Phi) is 5.95. The number of amides is 1. The number of benzene rings is 1. The molecule has 160 valence electrons. The number of hydrogen-bond acceptors (Lipinski definition) is 4. The van der Waals surface area contributed by atoms with Crippen LogP contribution in [0.15, 0.2) is 41.3 Å². The standard InChI is InChI=1S/C20H19F4N3O3/c1-13(28)14-2-4-17(16(21)10-14)25-6-8-26(9-7-25)19(30)12-27-11-15(20(22,23)24)3-5-18(27)29/h2-5,10-11H,6-9,12H2,1H3. The lowest BCUT2D eigenvalue weighted by Gasteiger charge is -2.36.